The van der Waals surface area contributed by atoms with Crippen LogP contribution in [0.3, 0.4) is 0 Å². The highest BCUT2D eigenvalue weighted by Crippen LogP contribution is 2.16. The second-order valence-electron chi connectivity index (χ2n) is 4.49. The van der Waals surface area contributed by atoms with Crippen molar-refractivity contribution in [1.82, 2.24) is 0 Å². The summed E-state index contributed by atoms with van der Waals surface area (Å²) < 4.78 is 16.1. The Morgan fingerprint density at radius 1 is 1.28 bits per heavy atom. The fraction of sp³-hybridized carbons (Fsp3) is 0.500. The van der Waals surface area contributed by atoms with Crippen LogP contribution in [-0.2, 0) is 9.47 Å². The van der Waals surface area contributed by atoms with Gasteiger partial charge >= 0.3 is 0 Å². The van der Waals surface area contributed by atoms with Crippen LogP contribution in [0.25, 0.3) is 0 Å². The minimum atomic E-state index is -0.476. The van der Waals surface area contributed by atoms with E-state index in [9.17, 15) is 4.79 Å². The molecule has 0 spiro atoms. The van der Waals surface area contributed by atoms with Gasteiger partial charge in [0, 0.05) is 5.56 Å². The molecule has 1 unspecified atom stereocenters. The fourth-order valence-electron chi connectivity index (χ4n) is 1.79. The molecule has 0 bridgehead atoms. The third-order valence-electron chi connectivity index (χ3n) is 2.62. The SMILES string of the molecule is CC(C)Oc1ccc(C(=O)C2COCCO2)cc1. The van der Waals surface area contributed by atoms with Gasteiger partial charge in [-0.3, -0.25) is 4.79 Å². The molecule has 0 aromatic heterocycles. The van der Waals surface area contributed by atoms with Crippen molar-refractivity contribution >= 4 is 5.78 Å². The van der Waals surface area contributed by atoms with Gasteiger partial charge in [-0.25, -0.2) is 0 Å². The normalized spacial score (nSPS) is 19.8. The lowest BCUT2D eigenvalue weighted by atomic mass is 10.1. The molecule has 1 heterocycles. The van der Waals surface area contributed by atoms with E-state index in [2.05, 4.69) is 0 Å². The number of ether oxygens (including phenoxy) is 3. The van der Waals surface area contributed by atoms with E-state index in [-0.39, 0.29) is 11.9 Å². The van der Waals surface area contributed by atoms with E-state index in [0.29, 0.717) is 25.4 Å². The zero-order chi connectivity index (χ0) is 13.0. The van der Waals surface area contributed by atoms with Gasteiger partial charge in [0.2, 0.25) is 0 Å². The molecule has 2 rings (SSSR count). The Balaban J connectivity index is 2.02. The lowest BCUT2D eigenvalue weighted by Crippen LogP contribution is -2.35. The van der Waals surface area contributed by atoms with Crippen LogP contribution >= 0.6 is 0 Å². The molecular weight excluding hydrogens is 232 g/mol. The van der Waals surface area contributed by atoms with Crippen molar-refractivity contribution in [3.05, 3.63) is 29.8 Å². The number of carbonyl (C=O) groups is 1. The second-order valence-corrected chi connectivity index (χ2v) is 4.49. The molecule has 1 atom stereocenters. The third-order valence-corrected chi connectivity index (χ3v) is 2.62. The maximum absolute atomic E-state index is 12.1. The van der Waals surface area contributed by atoms with Crippen molar-refractivity contribution in [2.24, 2.45) is 0 Å². The molecule has 1 fully saturated rings. The van der Waals surface area contributed by atoms with Gasteiger partial charge in [-0.1, -0.05) is 0 Å². The van der Waals surface area contributed by atoms with Gasteiger partial charge in [-0.15, -0.1) is 0 Å². The predicted octanol–water partition coefficient (Wildman–Crippen LogP) is 2.07. The topological polar surface area (TPSA) is 44.8 Å². The number of hydrogen-bond donors (Lipinski definition) is 0. The van der Waals surface area contributed by atoms with E-state index in [1.165, 1.54) is 0 Å². The number of Topliss-reactive ketones (excluding diaryl/α,β-unsaturated/α-hetero) is 1. The lowest BCUT2D eigenvalue weighted by Gasteiger charge is -2.21. The Kier molecular flexibility index (Phi) is 4.33. The Labute approximate surface area is 107 Å². The molecule has 1 aromatic carbocycles. The van der Waals surface area contributed by atoms with E-state index in [1.807, 2.05) is 13.8 Å². The van der Waals surface area contributed by atoms with Gasteiger partial charge in [-0.2, -0.15) is 0 Å². The average molecular weight is 250 g/mol. The summed E-state index contributed by atoms with van der Waals surface area (Å²) in [7, 11) is 0. The first-order valence-electron chi connectivity index (χ1n) is 6.17. The van der Waals surface area contributed by atoms with E-state index < -0.39 is 6.10 Å². The standard InChI is InChI=1S/C14H18O4/c1-10(2)18-12-5-3-11(4-6-12)14(15)13-9-16-7-8-17-13/h3-6,10,13H,7-9H2,1-2H3. The molecule has 4 heteroatoms. The zero-order valence-corrected chi connectivity index (χ0v) is 10.7. The van der Waals surface area contributed by atoms with Crippen LogP contribution in [-0.4, -0.2) is 37.8 Å². The first-order valence-corrected chi connectivity index (χ1v) is 6.17. The molecule has 1 saturated heterocycles. The summed E-state index contributed by atoms with van der Waals surface area (Å²) in [5, 5.41) is 0. The van der Waals surface area contributed by atoms with Gasteiger partial charge in [0.1, 0.15) is 11.9 Å². The molecule has 1 aliphatic rings. The fourth-order valence-corrected chi connectivity index (χ4v) is 1.79. The Hall–Kier alpha value is -1.39. The Morgan fingerprint density at radius 2 is 2.00 bits per heavy atom. The summed E-state index contributed by atoms with van der Waals surface area (Å²) in [5.41, 5.74) is 0.626. The smallest absolute Gasteiger partial charge is 0.193 e. The molecule has 1 aromatic rings. The molecular formula is C14H18O4. The molecule has 98 valence electrons. The van der Waals surface area contributed by atoms with Crippen molar-refractivity contribution in [2.45, 2.75) is 26.1 Å². The molecule has 0 aliphatic carbocycles. The average Bonchev–Trinajstić information content (AvgIpc) is 2.39. The summed E-state index contributed by atoms with van der Waals surface area (Å²) in [4.78, 5) is 12.1. The van der Waals surface area contributed by atoms with E-state index in [0.717, 1.165) is 5.75 Å². The molecule has 4 nitrogen and oxygen atoms in total. The molecule has 0 N–H and O–H groups in total. The number of hydrogen-bond acceptors (Lipinski definition) is 4. The van der Waals surface area contributed by atoms with Gasteiger partial charge in [0.25, 0.3) is 0 Å². The van der Waals surface area contributed by atoms with Crippen LogP contribution in [0.4, 0.5) is 0 Å². The largest absolute Gasteiger partial charge is 0.491 e. The Bertz CT molecular complexity index is 391. The minimum absolute atomic E-state index is 0.0363. The highest BCUT2D eigenvalue weighted by Gasteiger charge is 2.23. The number of benzene rings is 1. The summed E-state index contributed by atoms with van der Waals surface area (Å²) >= 11 is 0. The first kappa shape index (κ1) is 13.1. The van der Waals surface area contributed by atoms with Crippen LogP contribution in [0.15, 0.2) is 24.3 Å². The van der Waals surface area contributed by atoms with Crippen molar-refractivity contribution < 1.29 is 19.0 Å². The van der Waals surface area contributed by atoms with Crippen LogP contribution in [0.1, 0.15) is 24.2 Å². The van der Waals surface area contributed by atoms with Crippen molar-refractivity contribution in [3.63, 3.8) is 0 Å². The maximum Gasteiger partial charge on any atom is 0.193 e. The summed E-state index contributed by atoms with van der Waals surface area (Å²) in [6, 6.07) is 7.13. The number of carbonyl (C=O) groups excluding carboxylic acids is 1. The highest BCUT2D eigenvalue weighted by atomic mass is 16.6. The molecule has 0 radical (unpaired) electrons. The van der Waals surface area contributed by atoms with Crippen molar-refractivity contribution in [1.29, 1.82) is 0 Å². The van der Waals surface area contributed by atoms with Crippen LogP contribution in [0.5, 0.6) is 5.75 Å². The van der Waals surface area contributed by atoms with Gasteiger partial charge in [0.15, 0.2) is 5.78 Å². The zero-order valence-electron chi connectivity index (χ0n) is 10.7. The minimum Gasteiger partial charge on any atom is -0.491 e. The highest BCUT2D eigenvalue weighted by molar-refractivity contribution is 5.99. The van der Waals surface area contributed by atoms with Crippen LogP contribution in [0.2, 0.25) is 0 Å². The summed E-state index contributed by atoms with van der Waals surface area (Å²) in [6.07, 6.45) is -0.350. The number of ketones is 1. The number of rotatable bonds is 4. The predicted molar refractivity (Wildman–Crippen MR) is 67.1 cm³/mol. The van der Waals surface area contributed by atoms with Crippen LogP contribution < -0.4 is 4.74 Å². The Morgan fingerprint density at radius 3 is 2.56 bits per heavy atom. The first-order chi connectivity index (χ1) is 8.66. The van der Waals surface area contributed by atoms with Crippen LogP contribution in [0, 0.1) is 0 Å². The van der Waals surface area contributed by atoms with Crippen molar-refractivity contribution in [3.8, 4) is 5.75 Å². The van der Waals surface area contributed by atoms with E-state index >= 15 is 0 Å². The molecule has 1 aliphatic heterocycles. The maximum atomic E-state index is 12.1. The quantitative estimate of drug-likeness (QED) is 0.767. The summed E-state index contributed by atoms with van der Waals surface area (Å²) in [5.74, 6) is 0.730. The van der Waals surface area contributed by atoms with E-state index in [1.54, 1.807) is 24.3 Å². The monoisotopic (exact) mass is 250 g/mol. The lowest BCUT2D eigenvalue weighted by molar-refractivity contribution is -0.0719. The van der Waals surface area contributed by atoms with Gasteiger partial charge < -0.3 is 14.2 Å². The molecule has 18 heavy (non-hydrogen) atoms. The third kappa shape index (κ3) is 3.31. The molecule has 0 amide bonds. The summed E-state index contributed by atoms with van der Waals surface area (Å²) in [6.45, 7) is 5.30. The van der Waals surface area contributed by atoms with Gasteiger partial charge in [0.05, 0.1) is 25.9 Å². The second kappa shape index (κ2) is 5.98. The van der Waals surface area contributed by atoms with E-state index in [4.69, 9.17) is 14.2 Å². The van der Waals surface area contributed by atoms with Crippen molar-refractivity contribution in [2.75, 3.05) is 19.8 Å². The molecule has 0 saturated carbocycles. The van der Waals surface area contributed by atoms with Gasteiger partial charge in [-0.05, 0) is 38.1 Å².